The first-order chi connectivity index (χ1) is 9.48. The summed E-state index contributed by atoms with van der Waals surface area (Å²) in [5.74, 6) is 0. The van der Waals surface area contributed by atoms with Gasteiger partial charge in [-0.25, -0.2) is 8.42 Å². The summed E-state index contributed by atoms with van der Waals surface area (Å²) in [4.78, 5) is 0.133. The maximum atomic E-state index is 12.6. The summed E-state index contributed by atoms with van der Waals surface area (Å²) in [5, 5.41) is 0.215. The van der Waals surface area contributed by atoms with Crippen LogP contribution >= 0.6 is 11.6 Å². The maximum Gasteiger partial charge on any atom is 0.244 e. The predicted molar refractivity (Wildman–Crippen MR) is 78.1 cm³/mol. The van der Waals surface area contributed by atoms with Gasteiger partial charge < -0.3 is 10.5 Å². The number of piperidine rings is 1. The average Bonchev–Trinajstić information content (AvgIpc) is 2.46. The Morgan fingerprint density at radius 3 is 2.85 bits per heavy atom. The van der Waals surface area contributed by atoms with Crippen LogP contribution in [0.2, 0.25) is 5.02 Å². The monoisotopic (exact) mass is 318 g/mol. The molecule has 0 aliphatic carbocycles. The summed E-state index contributed by atoms with van der Waals surface area (Å²) < 4.78 is 31.9. The minimum Gasteiger partial charge on any atom is -0.380 e. The first-order valence-electron chi connectivity index (χ1n) is 6.50. The molecule has 0 bridgehead atoms. The lowest BCUT2D eigenvalue weighted by Crippen LogP contribution is -2.42. The van der Waals surface area contributed by atoms with Gasteiger partial charge in [0.1, 0.15) is 4.90 Å². The highest BCUT2D eigenvalue weighted by Gasteiger charge is 2.31. The van der Waals surface area contributed by atoms with Crippen molar-refractivity contribution >= 4 is 21.6 Å². The second-order valence-electron chi connectivity index (χ2n) is 4.83. The third-order valence-electron chi connectivity index (χ3n) is 3.52. The van der Waals surface area contributed by atoms with Crippen LogP contribution in [0.15, 0.2) is 23.1 Å². The van der Waals surface area contributed by atoms with E-state index in [0.29, 0.717) is 19.6 Å². The molecular weight excluding hydrogens is 300 g/mol. The Morgan fingerprint density at radius 2 is 2.25 bits per heavy atom. The van der Waals surface area contributed by atoms with Gasteiger partial charge in [0.25, 0.3) is 0 Å². The van der Waals surface area contributed by atoms with Gasteiger partial charge in [-0.1, -0.05) is 17.7 Å². The molecule has 112 valence electrons. The van der Waals surface area contributed by atoms with E-state index in [2.05, 4.69) is 0 Å². The van der Waals surface area contributed by atoms with Gasteiger partial charge in [-0.2, -0.15) is 4.31 Å². The molecule has 1 aromatic carbocycles. The Labute approximate surface area is 124 Å². The van der Waals surface area contributed by atoms with E-state index in [1.54, 1.807) is 19.2 Å². The molecule has 1 atom stereocenters. The SMILES string of the molecule is COC1CCCN(S(=O)(=O)c2ccc(CN)cc2Cl)C1. The Morgan fingerprint density at radius 1 is 1.50 bits per heavy atom. The van der Waals surface area contributed by atoms with Crippen molar-refractivity contribution in [3.8, 4) is 0 Å². The standard InChI is InChI=1S/C13H19ClN2O3S/c1-19-11-3-2-6-16(9-11)20(17,18)13-5-4-10(8-15)7-12(13)14/h4-5,7,11H,2-3,6,8-9,15H2,1H3. The quantitative estimate of drug-likeness (QED) is 0.915. The minimum atomic E-state index is -3.58. The smallest absolute Gasteiger partial charge is 0.244 e. The van der Waals surface area contributed by atoms with Crippen molar-refractivity contribution in [2.45, 2.75) is 30.4 Å². The lowest BCUT2D eigenvalue weighted by atomic mass is 10.1. The number of ether oxygens (including phenoxy) is 1. The summed E-state index contributed by atoms with van der Waals surface area (Å²) in [6.07, 6.45) is 1.61. The molecule has 0 radical (unpaired) electrons. The van der Waals surface area contributed by atoms with Crippen molar-refractivity contribution in [3.05, 3.63) is 28.8 Å². The van der Waals surface area contributed by atoms with Crippen molar-refractivity contribution in [3.63, 3.8) is 0 Å². The van der Waals surface area contributed by atoms with E-state index < -0.39 is 10.0 Å². The highest BCUT2D eigenvalue weighted by molar-refractivity contribution is 7.89. The molecule has 1 saturated heterocycles. The second-order valence-corrected chi connectivity index (χ2v) is 7.15. The van der Waals surface area contributed by atoms with Crippen LogP contribution in [-0.2, 0) is 21.3 Å². The summed E-state index contributed by atoms with van der Waals surface area (Å²) in [5.41, 5.74) is 6.33. The summed E-state index contributed by atoms with van der Waals surface area (Å²) in [6, 6.07) is 4.82. The molecule has 0 aromatic heterocycles. The number of benzene rings is 1. The molecule has 0 spiro atoms. The molecule has 1 unspecified atom stereocenters. The van der Waals surface area contributed by atoms with Crippen molar-refractivity contribution in [2.24, 2.45) is 5.73 Å². The van der Waals surface area contributed by atoms with Gasteiger partial charge in [-0.05, 0) is 30.5 Å². The summed E-state index contributed by atoms with van der Waals surface area (Å²) in [7, 11) is -1.98. The molecule has 20 heavy (non-hydrogen) atoms. The largest absolute Gasteiger partial charge is 0.380 e. The van der Waals surface area contributed by atoms with E-state index in [1.807, 2.05) is 0 Å². The predicted octanol–water partition coefficient (Wildman–Crippen LogP) is 1.60. The lowest BCUT2D eigenvalue weighted by molar-refractivity contribution is 0.0572. The summed E-state index contributed by atoms with van der Waals surface area (Å²) >= 11 is 6.09. The fraction of sp³-hybridized carbons (Fsp3) is 0.538. The zero-order chi connectivity index (χ0) is 14.8. The van der Waals surface area contributed by atoms with Crippen molar-refractivity contribution in [2.75, 3.05) is 20.2 Å². The minimum absolute atomic E-state index is 0.0550. The highest BCUT2D eigenvalue weighted by atomic mass is 35.5. The third kappa shape index (κ3) is 3.15. The number of nitrogens with two attached hydrogens (primary N) is 1. The van der Waals surface area contributed by atoms with Gasteiger partial charge in [0.05, 0.1) is 11.1 Å². The van der Waals surface area contributed by atoms with Crippen molar-refractivity contribution in [1.29, 1.82) is 0 Å². The molecule has 2 rings (SSSR count). The Balaban J connectivity index is 2.30. The van der Waals surface area contributed by atoms with Crippen LogP contribution < -0.4 is 5.73 Å². The second kappa shape index (κ2) is 6.41. The van der Waals surface area contributed by atoms with Crippen molar-refractivity contribution in [1.82, 2.24) is 4.31 Å². The van der Waals surface area contributed by atoms with E-state index in [1.165, 1.54) is 10.4 Å². The Kier molecular flexibility index (Phi) is 5.04. The lowest BCUT2D eigenvalue weighted by Gasteiger charge is -2.31. The molecule has 1 aromatic rings. The fourth-order valence-corrected chi connectivity index (χ4v) is 4.39. The third-order valence-corrected chi connectivity index (χ3v) is 5.87. The molecule has 7 heteroatoms. The number of sulfonamides is 1. The van der Waals surface area contributed by atoms with Crippen molar-refractivity contribution < 1.29 is 13.2 Å². The van der Waals surface area contributed by atoms with E-state index in [-0.39, 0.29) is 16.0 Å². The zero-order valence-corrected chi connectivity index (χ0v) is 13.0. The number of hydrogen-bond acceptors (Lipinski definition) is 4. The van der Waals surface area contributed by atoms with Crippen LogP contribution in [0.5, 0.6) is 0 Å². The van der Waals surface area contributed by atoms with E-state index in [4.69, 9.17) is 22.1 Å². The van der Waals surface area contributed by atoms with Gasteiger partial charge in [0.2, 0.25) is 10.0 Å². The van der Waals surface area contributed by atoms with Gasteiger partial charge in [-0.15, -0.1) is 0 Å². The first-order valence-corrected chi connectivity index (χ1v) is 8.32. The maximum absolute atomic E-state index is 12.6. The fourth-order valence-electron chi connectivity index (χ4n) is 2.34. The van der Waals surface area contributed by atoms with Crippen LogP contribution in [0, 0.1) is 0 Å². The number of halogens is 1. The van der Waals surface area contributed by atoms with E-state index in [0.717, 1.165) is 18.4 Å². The van der Waals surface area contributed by atoms with Crippen LogP contribution in [0.3, 0.4) is 0 Å². The van der Waals surface area contributed by atoms with Crippen LogP contribution in [-0.4, -0.2) is 39.0 Å². The highest BCUT2D eigenvalue weighted by Crippen LogP contribution is 2.28. The number of hydrogen-bond donors (Lipinski definition) is 1. The van der Waals surface area contributed by atoms with Gasteiger partial charge in [0, 0.05) is 26.7 Å². The topological polar surface area (TPSA) is 72.6 Å². The molecule has 1 fully saturated rings. The van der Waals surface area contributed by atoms with Crippen LogP contribution in [0.25, 0.3) is 0 Å². The molecule has 0 saturated carbocycles. The molecule has 1 heterocycles. The first kappa shape index (κ1) is 15.7. The Bertz CT molecular complexity index is 577. The normalized spacial score (nSPS) is 21.1. The Hall–Kier alpha value is -0.660. The van der Waals surface area contributed by atoms with Gasteiger partial charge in [-0.3, -0.25) is 0 Å². The molecular formula is C13H19ClN2O3S. The number of rotatable bonds is 4. The molecule has 2 N–H and O–H groups in total. The van der Waals surface area contributed by atoms with Crippen LogP contribution in [0.4, 0.5) is 0 Å². The average molecular weight is 319 g/mol. The number of nitrogens with zero attached hydrogens (tertiary/aromatic N) is 1. The molecule has 1 aliphatic heterocycles. The molecule has 5 nitrogen and oxygen atoms in total. The van der Waals surface area contributed by atoms with Crippen LogP contribution in [0.1, 0.15) is 18.4 Å². The molecule has 0 amide bonds. The number of methoxy groups -OCH3 is 1. The van der Waals surface area contributed by atoms with Gasteiger partial charge in [0.15, 0.2) is 0 Å². The van der Waals surface area contributed by atoms with E-state index in [9.17, 15) is 8.42 Å². The van der Waals surface area contributed by atoms with E-state index >= 15 is 0 Å². The summed E-state index contributed by atoms with van der Waals surface area (Å²) in [6.45, 7) is 1.19. The zero-order valence-electron chi connectivity index (χ0n) is 11.4. The molecule has 1 aliphatic rings. The van der Waals surface area contributed by atoms with Gasteiger partial charge >= 0.3 is 0 Å².